The summed E-state index contributed by atoms with van der Waals surface area (Å²) in [6, 6.07) is 24.0. The van der Waals surface area contributed by atoms with Crippen LogP contribution in [0.25, 0.3) is 21.5 Å². The first-order chi connectivity index (χ1) is 15.7. The summed E-state index contributed by atoms with van der Waals surface area (Å²) in [6.45, 7) is 1.19. The molecule has 0 aliphatic rings. The molecule has 1 amide bonds. The highest BCUT2D eigenvalue weighted by atomic mass is 32.1. The van der Waals surface area contributed by atoms with Gasteiger partial charge >= 0.3 is 0 Å². The molecule has 158 valence electrons. The van der Waals surface area contributed by atoms with Crippen LogP contribution >= 0.6 is 11.3 Å². The average Bonchev–Trinajstić information content (AvgIpc) is 3.51. The van der Waals surface area contributed by atoms with Gasteiger partial charge in [0.25, 0.3) is 5.91 Å². The summed E-state index contributed by atoms with van der Waals surface area (Å²) in [4.78, 5) is 21.0. The Morgan fingerprint density at radius 1 is 1.00 bits per heavy atom. The normalized spacial score (nSPS) is 11.0. The highest BCUT2D eigenvalue weighted by Crippen LogP contribution is 2.28. The number of carbonyl (C=O) groups excluding carboxylic acids is 1. The van der Waals surface area contributed by atoms with Gasteiger partial charge < -0.3 is 4.90 Å². The number of hydrogen-bond acceptors (Lipinski definition) is 4. The van der Waals surface area contributed by atoms with Crippen LogP contribution in [0.3, 0.4) is 0 Å². The van der Waals surface area contributed by atoms with Crippen molar-refractivity contribution in [3.05, 3.63) is 107 Å². The first kappa shape index (κ1) is 20.2. The Morgan fingerprint density at radius 2 is 1.81 bits per heavy atom. The quantitative estimate of drug-likeness (QED) is 0.353. The molecule has 3 heterocycles. The number of rotatable bonds is 6. The third-order valence-corrected chi connectivity index (χ3v) is 6.25. The third-order valence-electron chi connectivity index (χ3n) is 5.36. The van der Waals surface area contributed by atoms with Crippen LogP contribution in [-0.4, -0.2) is 32.6 Å². The summed E-state index contributed by atoms with van der Waals surface area (Å²) >= 11 is 1.62. The number of nitrogens with zero attached hydrogens (tertiary/aromatic N) is 4. The highest BCUT2D eigenvalue weighted by molar-refractivity contribution is 7.13. The van der Waals surface area contributed by atoms with Crippen molar-refractivity contribution in [1.29, 1.82) is 0 Å². The fourth-order valence-corrected chi connectivity index (χ4v) is 4.49. The van der Waals surface area contributed by atoms with E-state index in [2.05, 4.69) is 17.2 Å². The number of hydrogen-bond donors (Lipinski definition) is 0. The largest absolute Gasteiger partial charge is 0.337 e. The molecule has 0 aliphatic carbocycles. The SMILES string of the molecule is CN(Cc1cnn(Cc2ccccc2)c1)C(=O)c1cc(-c2cccs2)nc2ccccc12. The second-order valence-electron chi connectivity index (χ2n) is 7.74. The summed E-state index contributed by atoms with van der Waals surface area (Å²) in [7, 11) is 1.83. The Bertz CT molecular complexity index is 1360. The second kappa shape index (κ2) is 8.77. The number of thiophene rings is 1. The topological polar surface area (TPSA) is 51.0 Å². The van der Waals surface area contributed by atoms with Gasteiger partial charge in [-0.1, -0.05) is 54.6 Å². The van der Waals surface area contributed by atoms with E-state index < -0.39 is 0 Å². The van der Waals surface area contributed by atoms with Crippen molar-refractivity contribution in [3.8, 4) is 10.6 Å². The van der Waals surface area contributed by atoms with Crippen molar-refractivity contribution in [2.45, 2.75) is 13.1 Å². The Kier molecular flexibility index (Phi) is 5.52. The minimum Gasteiger partial charge on any atom is -0.337 e. The van der Waals surface area contributed by atoms with Gasteiger partial charge in [0.1, 0.15) is 0 Å². The Labute approximate surface area is 190 Å². The molecule has 0 spiro atoms. The Hall–Kier alpha value is -3.77. The lowest BCUT2D eigenvalue weighted by atomic mass is 10.1. The van der Waals surface area contributed by atoms with Gasteiger partial charge in [0.05, 0.1) is 34.4 Å². The predicted molar refractivity (Wildman–Crippen MR) is 129 cm³/mol. The molecule has 0 aliphatic heterocycles. The maximum absolute atomic E-state index is 13.5. The van der Waals surface area contributed by atoms with Gasteiger partial charge in [-0.25, -0.2) is 4.98 Å². The smallest absolute Gasteiger partial charge is 0.254 e. The fourth-order valence-electron chi connectivity index (χ4n) is 3.80. The van der Waals surface area contributed by atoms with Gasteiger partial charge in [-0.15, -0.1) is 11.3 Å². The Balaban J connectivity index is 1.39. The lowest BCUT2D eigenvalue weighted by Crippen LogP contribution is -2.26. The molecule has 2 aromatic carbocycles. The van der Waals surface area contributed by atoms with E-state index in [0.29, 0.717) is 18.7 Å². The summed E-state index contributed by atoms with van der Waals surface area (Å²) in [5.74, 6) is -0.0304. The zero-order valence-corrected chi connectivity index (χ0v) is 18.5. The summed E-state index contributed by atoms with van der Waals surface area (Å²) in [6.07, 6.45) is 3.83. The molecule has 0 bridgehead atoms. The number of pyridine rings is 1. The van der Waals surface area contributed by atoms with Gasteiger partial charge in [0.2, 0.25) is 0 Å². The van der Waals surface area contributed by atoms with Crippen LogP contribution in [0.4, 0.5) is 0 Å². The van der Waals surface area contributed by atoms with Crippen molar-refractivity contribution in [1.82, 2.24) is 19.7 Å². The van der Waals surface area contributed by atoms with E-state index in [1.54, 1.807) is 16.2 Å². The minimum absolute atomic E-state index is 0.0304. The number of amides is 1. The molecule has 0 saturated carbocycles. The first-order valence-corrected chi connectivity index (χ1v) is 11.3. The summed E-state index contributed by atoms with van der Waals surface area (Å²) in [5.41, 5.74) is 4.50. The van der Waals surface area contributed by atoms with Crippen LogP contribution in [0.1, 0.15) is 21.5 Å². The molecule has 0 unspecified atom stereocenters. The van der Waals surface area contributed by atoms with E-state index in [-0.39, 0.29) is 5.91 Å². The lowest BCUT2D eigenvalue weighted by Gasteiger charge is -2.18. The molecule has 0 saturated heterocycles. The Morgan fingerprint density at radius 3 is 2.62 bits per heavy atom. The second-order valence-corrected chi connectivity index (χ2v) is 8.69. The molecule has 5 aromatic rings. The van der Waals surface area contributed by atoms with Crippen LogP contribution in [0.5, 0.6) is 0 Å². The molecule has 6 heteroatoms. The summed E-state index contributed by atoms with van der Waals surface area (Å²) < 4.78 is 1.90. The zero-order chi connectivity index (χ0) is 21.9. The summed E-state index contributed by atoms with van der Waals surface area (Å²) in [5, 5.41) is 7.35. The van der Waals surface area contributed by atoms with E-state index in [4.69, 9.17) is 4.98 Å². The predicted octanol–water partition coefficient (Wildman–Crippen LogP) is 5.48. The van der Waals surface area contributed by atoms with Crippen LogP contribution < -0.4 is 0 Å². The number of aromatic nitrogens is 3. The maximum Gasteiger partial charge on any atom is 0.254 e. The molecule has 32 heavy (non-hydrogen) atoms. The average molecular weight is 439 g/mol. The van der Waals surface area contributed by atoms with Gasteiger partial charge in [-0.3, -0.25) is 9.48 Å². The van der Waals surface area contributed by atoms with E-state index in [1.807, 2.05) is 90.2 Å². The number of benzene rings is 2. The molecular weight excluding hydrogens is 416 g/mol. The molecule has 3 aromatic heterocycles. The molecule has 0 fully saturated rings. The van der Waals surface area contributed by atoms with E-state index in [0.717, 1.165) is 27.0 Å². The molecule has 0 atom stereocenters. The third kappa shape index (κ3) is 4.18. The highest BCUT2D eigenvalue weighted by Gasteiger charge is 2.18. The van der Waals surface area contributed by atoms with Crippen molar-refractivity contribution in [2.75, 3.05) is 7.05 Å². The van der Waals surface area contributed by atoms with Crippen LogP contribution in [-0.2, 0) is 13.1 Å². The zero-order valence-electron chi connectivity index (χ0n) is 17.7. The van der Waals surface area contributed by atoms with Gasteiger partial charge in [0.15, 0.2) is 0 Å². The molecule has 0 radical (unpaired) electrons. The first-order valence-electron chi connectivity index (χ1n) is 10.4. The molecule has 0 N–H and O–H groups in total. The van der Waals surface area contributed by atoms with Crippen LogP contribution in [0, 0.1) is 0 Å². The lowest BCUT2D eigenvalue weighted by molar-refractivity contribution is 0.0787. The van der Waals surface area contributed by atoms with Crippen molar-refractivity contribution < 1.29 is 4.79 Å². The van der Waals surface area contributed by atoms with Crippen molar-refractivity contribution >= 4 is 28.1 Å². The van der Waals surface area contributed by atoms with Crippen LogP contribution in [0.2, 0.25) is 0 Å². The number of carbonyl (C=O) groups is 1. The van der Waals surface area contributed by atoms with Gasteiger partial charge in [0, 0.05) is 30.7 Å². The monoisotopic (exact) mass is 438 g/mol. The van der Waals surface area contributed by atoms with Crippen molar-refractivity contribution in [3.63, 3.8) is 0 Å². The molecular formula is C26H22N4OS. The number of para-hydroxylation sites is 1. The van der Waals surface area contributed by atoms with Crippen molar-refractivity contribution in [2.24, 2.45) is 0 Å². The molecule has 5 nitrogen and oxygen atoms in total. The van der Waals surface area contributed by atoms with E-state index in [9.17, 15) is 4.79 Å². The number of fused-ring (bicyclic) bond motifs is 1. The van der Waals surface area contributed by atoms with Crippen LogP contribution in [0.15, 0.2) is 90.6 Å². The minimum atomic E-state index is -0.0304. The fraction of sp³-hybridized carbons (Fsp3) is 0.115. The van der Waals surface area contributed by atoms with E-state index >= 15 is 0 Å². The molecule has 5 rings (SSSR count). The maximum atomic E-state index is 13.5. The van der Waals surface area contributed by atoms with Gasteiger partial charge in [-0.05, 0) is 29.1 Å². The van der Waals surface area contributed by atoms with E-state index in [1.165, 1.54) is 5.56 Å². The standard InChI is InChI=1S/C26H22N4OS/c1-29(16-20-15-27-30(18-20)17-19-8-3-2-4-9-19)26(31)22-14-24(25-12-7-13-32-25)28-23-11-6-5-10-21(22)23/h2-15,18H,16-17H2,1H3. The van der Waals surface area contributed by atoms with Gasteiger partial charge in [-0.2, -0.15) is 5.10 Å².